The summed E-state index contributed by atoms with van der Waals surface area (Å²) in [7, 11) is -3.33. The second-order valence-corrected chi connectivity index (χ2v) is 8.23. The van der Waals surface area contributed by atoms with Gasteiger partial charge in [0.1, 0.15) is 0 Å². The van der Waals surface area contributed by atoms with Crippen LogP contribution < -0.4 is 10.0 Å². The standard InChI is InChI=1S/C15H14ClIN2O3S/c1-23(21,22)19-12-4-2-3-10(7-12)9-18-15(20)13-8-11(16)5-6-14(13)17/h2-8,19H,9H2,1H3,(H,18,20). The van der Waals surface area contributed by atoms with Crippen LogP contribution in [0.2, 0.25) is 5.02 Å². The van der Waals surface area contributed by atoms with Crippen molar-refractivity contribution in [1.29, 1.82) is 0 Å². The fourth-order valence-electron chi connectivity index (χ4n) is 1.91. The average molecular weight is 465 g/mol. The van der Waals surface area contributed by atoms with Gasteiger partial charge in [-0.15, -0.1) is 0 Å². The summed E-state index contributed by atoms with van der Waals surface area (Å²) in [6, 6.07) is 11.9. The molecule has 0 heterocycles. The van der Waals surface area contributed by atoms with Crippen molar-refractivity contribution in [3.8, 4) is 0 Å². The number of halogens is 2. The van der Waals surface area contributed by atoms with Gasteiger partial charge in [0.15, 0.2) is 0 Å². The van der Waals surface area contributed by atoms with Gasteiger partial charge in [-0.05, 0) is 58.5 Å². The molecule has 0 fully saturated rings. The maximum absolute atomic E-state index is 12.2. The second kappa shape index (κ2) is 7.50. The summed E-state index contributed by atoms with van der Waals surface area (Å²) < 4.78 is 25.7. The SMILES string of the molecule is CS(=O)(=O)Nc1cccc(CNC(=O)c2cc(Cl)ccc2I)c1. The third-order valence-corrected chi connectivity index (χ3v) is 4.64. The van der Waals surface area contributed by atoms with E-state index in [0.717, 1.165) is 15.4 Å². The molecule has 2 aromatic carbocycles. The van der Waals surface area contributed by atoms with E-state index in [2.05, 4.69) is 32.6 Å². The van der Waals surface area contributed by atoms with E-state index in [4.69, 9.17) is 11.6 Å². The number of anilines is 1. The van der Waals surface area contributed by atoms with Crippen molar-refractivity contribution < 1.29 is 13.2 Å². The number of hydrogen-bond acceptors (Lipinski definition) is 3. The zero-order valence-electron chi connectivity index (χ0n) is 12.1. The van der Waals surface area contributed by atoms with Crippen LogP contribution in [0.1, 0.15) is 15.9 Å². The quantitative estimate of drug-likeness (QED) is 0.667. The van der Waals surface area contributed by atoms with E-state index in [-0.39, 0.29) is 12.5 Å². The molecule has 2 rings (SSSR count). The molecule has 0 saturated carbocycles. The Morgan fingerprint density at radius 1 is 1.22 bits per heavy atom. The Bertz CT molecular complexity index is 840. The van der Waals surface area contributed by atoms with Gasteiger partial charge in [0.2, 0.25) is 10.0 Å². The van der Waals surface area contributed by atoms with Crippen molar-refractivity contribution in [3.05, 3.63) is 62.2 Å². The number of hydrogen-bond donors (Lipinski definition) is 2. The number of nitrogens with one attached hydrogen (secondary N) is 2. The van der Waals surface area contributed by atoms with Crippen LogP contribution in [-0.2, 0) is 16.6 Å². The van der Waals surface area contributed by atoms with Crippen LogP contribution in [0.15, 0.2) is 42.5 Å². The third kappa shape index (κ3) is 5.67. The number of rotatable bonds is 5. The van der Waals surface area contributed by atoms with Crippen LogP contribution in [0.5, 0.6) is 0 Å². The van der Waals surface area contributed by atoms with Crippen molar-refractivity contribution in [2.45, 2.75) is 6.54 Å². The molecule has 1 amide bonds. The van der Waals surface area contributed by atoms with Gasteiger partial charge in [0.25, 0.3) is 5.91 Å². The van der Waals surface area contributed by atoms with Gasteiger partial charge in [-0.3, -0.25) is 9.52 Å². The van der Waals surface area contributed by atoms with Crippen LogP contribution in [0.3, 0.4) is 0 Å². The highest BCUT2D eigenvalue weighted by atomic mass is 127. The number of sulfonamides is 1. The smallest absolute Gasteiger partial charge is 0.252 e. The minimum atomic E-state index is -3.33. The van der Waals surface area contributed by atoms with Gasteiger partial charge >= 0.3 is 0 Å². The maximum Gasteiger partial charge on any atom is 0.252 e. The van der Waals surface area contributed by atoms with E-state index in [0.29, 0.717) is 16.3 Å². The minimum Gasteiger partial charge on any atom is -0.348 e. The molecule has 0 atom stereocenters. The van der Waals surface area contributed by atoms with Gasteiger partial charge in [-0.1, -0.05) is 23.7 Å². The Kier molecular flexibility index (Phi) is 5.88. The van der Waals surface area contributed by atoms with Crippen LogP contribution >= 0.6 is 34.2 Å². The Hall–Kier alpha value is -1.32. The summed E-state index contributed by atoms with van der Waals surface area (Å²) in [5, 5.41) is 3.29. The largest absolute Gasteiger partial charge is 0.348 e. The van der Waals surface area contributed by atoms with Gasteiger partial charge in [0.05, 0.1) is 11.8 Å². The number of carbonyl (C=O) groups is 1. The van der Waals surface area contributed by atoms with E-state index < -0.39 is 10.0 Å². The van der Waals surface area contributed by atoms with Crippen molar-refractivity contribution in [3.63, 3.8) is 0 Å². The molecule has 2 aromatic rings. The van der Waals surface area contributed by atoms with Crippen molar-refractivity contribution >= 4 is 55.8 Å². The Balaban J connectivity index is 2.07. The zero-order valence-corrected chi connectivity index (χ0v) is 15.9. The normalized spacial score (nSPS) is 11.1. The van der Waals surface area contributed by atoms with Gasteiger partial charge in [-0.25, -0.2) is 8.42 Å². The van der Waals surface area contributed by atoms with Crippen LogP contribution in [-0.4, -0.2) is 20.6 Å². The summed E-state index contributed by atoms with van der Waals surface area (Å²) in [6.45, 7) is 0.278. The van der Waals surface area contributed by atoms with Gasteiger partial charge in [0, 0.05) is 20.8 Å². The zero-order chi connectivity index (χ0) is 17.0. The van der Waals surface area contributed by atoms with Crippen LogP contribution in [0.4, 0.5) is 5.69 Å². The van der Waals surface area contributed by atoms with E-state index in [9.17, 15) is 13.2 Å². The lowest BCUT2D eigenvalue weighted by atomic mass is 10.2. The molecule has 0 aromatic heterocycles. The highest BCUT2D eigenvalue weighted by molar-refractivity contribution is 14.1. The lowest BCUT2D eigenvalue weighted by molar-refractivity contribution is 0.0950. The van der Waals surface area contributed by atoms with Crippen molar-refractivity contribution in [1.82, 2.24) is 5.32 Å². The molecule has 122 valence electrons. The van der Waals surface area contributed by atoms with E-state index in [1.807, 2.05) is 0 Å². The van der Waals surface area contributed by atoms with Crippen LogP contribution in [0, 0.1) is 3.57 Å². The maximum atomic E-state index is 12.2. The highest BCUT2D eigenvalue weighted by Gasteiger charge is 2.10. The molecular weight excluding hydrogens is 451 g/mol. The fourth-order valence-corrected chi connectivity index (χ4v) is 3.22. The van der Waals surface area contributed by atoms with E-state index >= 15 is 0 Å². The van der Waals surface area contributed by atoms with E-state index in [1.165, 1.54) is 0 Å². The lowest BCUT2D eigenvalue weighted by Crippen LogP contribution is -2.23. The van der Waals surface area contributed by atoms with Gasteiger partial charge < -0.3 is 5.32 Å². The molecular formula is C15H14ClIN2O3S. The monoisotopic (exact) mass is 464 g/mol. The first-order valence-electron chi connectivity index (χ1n) is 6.54. The first kappa shape index (κ1) is 18.0. The Labute approximate surface area is 153 Å². The van der Waals surface area contributed by atoms with Gasteiger partial charge in [-0.2, -0.15) is 0 Å². The predicted octanol–water partition coefficient (Wildman–Crippen LogP) is 3.25. The highest BCUT2D eigenvalue weighted by Crippen LogP contribution is 2.18. The van der Waals surface area contributed by atoms with Crippen molar-refractivity contribution in [2.75, 3.05) is 11.0 Å². The summed E-state index contributed by atoms with van der Waals surface area (Å²) in [5.41, 5.74) is 1.74. The predicted molar refractivity (Wildman–Crippen MR) is 100 cm³/mol. The molecule has 23 heavy (non-hydrogen) atoms. The van der Waals surface area contributed by atoms with E-state index in [1.54, 1.807) is 42.5 Å². The molecule has 0 aliphatic rings. The molecule has 0 radical (unpaired) electrons. The number of carbonyl (C=O) groups excluding carboxylic acids is 1. The molecule has 5 nitrogen and oxygen atoms in total. The average Bonchev–Trinajstić information content (AvgIpc) is 2.46. The summed E-state index contributed by atoms with van der Waals surface area (Å²) >= 11 is 7.98. The molecule has 0 saturated heterocycles. The molecule has 2 N–H and O–H groups in total. The minimum absolute atomic E-state index is 0.238. The first-order valence-corrected chi connectivity index (χ1v) is 9.89. The number of benzene rings is 2. The third-order valence-electron chi connectivity index (χ3n) is 2.86. The number of amides is 1. The first-order chi connectivity index (χ1) is 10.7. The summed E-state index contributed by atoms with van der Waals surface area (Å²) in [4.78, 5) is 12.2. The molecule has 0 spiro atoms. The fraction of sp³-hybridized carbons (Fsp3) is 0.133. The summed E-state index contributed by atoms with van der Waals surface area (Å²) in [5.74, 6) is -0.238. The molecule has 0 bridgehead atoms. The van der Waals surface area contributed by atoms with Crippen molar-refractivity contribution in [2.24, 2.45) is 0 Å². The molecule has 0 aliphatic carbocycles. The topological polar surface area (TPSA) is 75.3 Å². The lowest BCUT2D eigenvalue weighted by Gasteiger charge is -2.09. The Morgan fingerprint density at radius 2 is 1.96 bits per heavy atom. The molecule has 0 unspecified atom stereocenters. The molecule has 8 heteroatoms. The summed E-state index contributed by atoms with van der Waals surface area (Å²) in [6.07, 6.45) is 1.09. The van der Waals surface area contributed by atoms with Crippen LogP contribution in [0.25, 0.3) is 0 Å². The Morgan fingerprint density at radius 3 is 2.65 bits per heavy atom. The second-order valence-electron chi connectivity index (χ2n) is 4.88. The molecule has 0 aliphatic heterocycles.